The van der Waals surface area contributed by atoms with Crippen LogP contribution >= 0.6 is 0 Å². The fraction of sp³-hybridized carbons (Fsp3) is 0.261. The van der Waals surface area contributed by atoms with Crippen LogP contribution in [-0.2, 0) is 0 Å². The normalized spacial score (nSPS) is 24.4. The van der Waals surface area contributed by atoms with E-state index in [9.17, 15) is 4.79 Å². The number of H-pyrrole nitrogens is 1. The van der Waals surface area contributed by atoms with Gasteiger partial charge in [0.15, 0.2) is 5.69 Å². The van der Waals surface area contributed by atoms with Gasteiger partial charge in [0.1, 0.15) is 11.5 Å². The highest BCUT2D eigenvalue weighted by Crippen LogP contribution is 2.57. The molecule has 6 nitrogen and oxygen atoms in total. The van der Waals surface area contributed by atoms with Crippen LogP contribution in [0.15, 0.2) is 60.7 Å². The van der Waals surface area contributed by atoms with Gasteiger partial charge >= 0.3 is 0 Å². The van der Waals surface area contributed by atoms with Gasteiger partial charge < -0.3 is 10.1 Å². The quantitative estimate of drug-likeness (QED) is 0.686. The van der Waals surface area contributed by atoms with Gasteiger partial charge in [-0.2, -0.15) is 10.4 Å². The molecule has 2 aliphatic carbocycles. The zero-order valence-corrected chi connectivity index (χ0v) is 15.8. The Morgan fingerprint density at radius 1 is 1.17 bits per heavy atom. The second kappa shape index (κ2) is 6.78. The van der Waals surface area contributed by atoms with Crippen molar-refractivity contribution in [2.24, 2.45) is 11.8 Å². The molecule has 29 heavy (non-hydrogen) atoms. The third kappa shape index (κ3) is 3.25. The number of nitrogens with zero attached hydrogens (tertiary/aromatic N) is 2. The van der Waals surface area contributed by atoms with Crippen LogP contribution in [0, 0.1) is 23.2 Å². The molecule has 3 atom stereocenters. The Morgan fingerprint density at radius 2 is 1.97 bits per heavy atom. The first-order valence-corrected chi connectivity index (χ1v) is 9.77. The van der Waals surface area contributed by atoms with E-state index < -0.39 is 0 Å². The number of fused-ring (bicyclic) bond motifs is 1. The number of hydrogen-bond acceptors (Lipinski definition) is 4. The van der Waals surface area contributed by atoms with Crippen molar-refractivity contribution in [3.63, 3.8) is 0 Å². The molecule has 2 fully saturated rings. The van der Waals surface area contributed by atoms with Gasteiger partial charge in [0.25, 0.3) is 5.91 Å². The number of benzene rings is 2. The smallest absolute Gasteiger partial charge is 0.272 e. The summed E-state index contributed by atoms with van der Waals surface area (Å²) in [5.74, 6) is 1.70. The lowest BCUT2D eigenvalue weighted by Crippen LogP contribution is -2.37. The number of nitrogens with one attached hydrogen (secondary N) is 2. The molecule has 1 aromatic heterocycles. The lowest BCUT2D eigenvalue weighted by atomic mass is 10.0. The molecule has 0 spiro atoms. The first kappa shape index (κ1) is 17.5. The van der Waals surface area contributed by atoms with Crippen molar-refractivity contribution in [1.29, 1.82) is 5.26 Å². The summed E-state index contributed by atoms with van der Waals surface area (Å²) in [6.45, 7) is 0. The molecule has 1 amide bonds. The highest BCUT2D eigenvalue weighted by molar-refractivity contribution is 5.94. The highest BCUT2D eigenvalue weighted by Gasteiger charge is 2.61. The average molecular weight is 384 g/mol. The third-order valence-corrected chi connectivity index (χ3v) is 5.92. The molecule has 0 aliphatic heterocycles. The van der Waals surface area contributed by atoms with Crippen molar-refractivity contribution in [2.75, 3.05) is 0 Å². The number of amides is 1. The molecule has 1 heterocycles. The molecular formula is C23H20N4O2. The van der Waals surface area contributed by atoms with Crippen molar-refractivity contribution in [2.45, 2.75) is 24.8 Å². The first-order valence-electron chi connectivity index (χ1n) is 9.77. The lowest BCUT2D eigenvalue weighted by molar-refractivity contribution is 0.0923. The Bertz CT molecular complexity index is 1100. The maximum absolute atomic E-state index is 12.7. The Morgan fingerprint density at radius 3 is 2.76 bits per heavy atom. The first-order chi connectivity index (χ1) is 14.2. The lowest BCUT2D eigenvalue weighted by Gasteiger charge is -2.14. The largest absolute Gasteiger partial charge is 0.457 e. The van der Waals surface area contributed by atoms with E-state index in [1.165, 1.54) is 0 Å². The van der Waals surface area contributed by atoms with Crippen LogP contribution in [0.5, 0.6) is 11.5 Å². The zero-order chi connectivity index (χ0) is 19.8. The summed E-state index contributed by atoms with van der Waals surface area (Å²) in [5, 5.41) is 19.4. The molecule has 2 saturated carbocycles. The topological polar surface area (TPSA) is 90.8 Å². The third-order valence-electron chi connectivity index (χ3n) is 5.92. The number of para-hydroxylation sites is 2. The fourth-order valence-corrected chi connectivity index (χ4v) is 4.37. The molecule has 3 aromatic rings. The summed E-state index contributed by atoms with van der Waals surface area (Å²) < 4.78 is 6.01. The number of ether oxygens (including phenoxy) is 1. The summed E-state index contributed by atoms with van der Waals surface area (Å²) in [5.41, 5.74) is 1.68. The highest BCUT2D eigenvalue weighted by atomic mass is 16.5. The second-order valence-corrected chi connectivity index (χ2v) is 7.86. The van der Waals surface area contributed by atoms with Gasteiger partial charge in [-0.05, 0) is 55.5 Å². The maximum atomic E-state index is 12.7. The molecule has 0 radical (unpaired) electrons. The zero-order valence-electron chi connectivity index (χ0n) is 15.8. The molecule has 2 N–H and O–H groups in total. The monoisotopic (exact) mass is 384 g/mol. The number of aromatic nitrogens is 2. The minimum absolute atomic E-state index is 0.0470. The van der Waals surface area contributed by atoms with Gasteiger partial charge in [-0.1, -0.05) is 30.3 Å². The van der Waals surface area contributed by atoms with E-state index in [0.717, 1.165) is 30.6 Å². The van der Waals surface area contributed by atoms with Crippen LogP contribution < -0.4 is 10.1 Å². The number of carbonyl (C=O) groups is 1. The number of aromatic amines is 1. The maximum Gasteiger partial charge on any atom is 0.272 e. The van der Waals surface area contributed by atoms with Gasteiger partial charge in [0.2, 0.25) is 0 Å². The number of carbonyl (C=O) groups excluding carboxylic acids is 1. The van der Waals surface area contributed by atoms with E-state index in [4.69, 9.17) is 10.00 Å². The van der Waals surface area contributed by atoms with Crippen molar-refractivity contribution in [3.05, 3.63) is 66.4 Å². The van der Waals surface area contributed by atoms with Crippen LogP contribution in [-0.4, -0.2) is 21.6 Å². The standard InChI is InChI=1S/C23H20N4O2/c24-14-15-10-16-13-23(16,12-15)25-22(28)20-11-19(26-27-20)18-8-4-5-9-21(18)29-17-6-2-1-3-7-17/h1-9,11,15-16H,10,12-13H2,(H,25,28)(H,26,27)/t15?,16-,23-/m1/s1. The van der Waals surface area contributed by atoms with Gasteiger partial charge in [-0.25, -0.2) is 0 Å². The summed E-state index contributed by atoms with van der Waals surface area (Å²) in [6, 6.07) is 21.3. The van der Waals surface area contributed by atoms with Crippen molar-refractivity contribution in [3.8, 4) is 28.8 Å². The van der Waals surface area contributed by atoms with E-state index in [1.54, 1.807) is 6.07 Å². The van der Waals surface area contributed by atoms with Gasteiger partial charge in [0, 0.05) is 17.0 Å². The molecule has 2 aliphatic rings. The van der Waals surface area contributed by atoms with Gasteiger partial charge in [-0.15, -0.1) is 0 Å². The molecule has 2 aromatic carbocycles. The van der Waals surface area contributed by atoms with Gasteiger partial charge in [-0.3, -0.25) is 9.89 Å². The van der Waals surface area contributed by atoms with Crippen LogP contribution in [0.3, 0.4) is 0 Å². The van der Waals surface area contributed by atoms with Crippen molar-refractivity contribution in [1.82, 2.24) is 15.5 Å². The predicted octanol–water partition coefficient (Wildman–Crippen LogP) is 4.29. The Labute approximate surface area is 168 Å². The van der Waals surface area contributed by atoms with E-state index in [-0.39, 0.29) is 17.4 Å². The molecule has 6 heteroatoms. The van der Waals surface area contributed by atoms with Crippen molar-refractivity contribution < 1.29 is 9.53 Å². The van der Waals surface area contributed by atoms with Crippen LogP contribution in [0.2, 0.25) is 0 Å². The summed E-state index contributed by atoms with van der Waals surface area (Å²) in [7, 11) is 0. The molecule has 144 valence electrons. The van der Waals surface area contributed by atoms with Gasteiger partial charge in [0.05, 0.1) is 11.8 Å². The second-order valence-electron chi connectivity index (χ2n) is 7.86. The van der Waals surface area contributed by atoms with Crippen LogP contribution in [0.4, 0.5) is 0 Å². The van der Waals surface area contributed by atoms with Crippen LogP contribution in [0.25, 0.3) is 11.3 Å². The van der Waals surface area contributed by atoms with E-state index in [1.807, 2.05) is 54.6 Å². The molecular weight excluding hydrogens is 364 g/mol. The minimum Gasteiger partial charge on any atom is -0.457 e. The van der Waals surface area contributed by atoms with Crippen LogP contribution in [0.1, 0.15) is 29.8 Å². The number of hydrogen-bond donors (Lipinski definition) is 2. The molecule has 0 bridgehead atoms. The van der Waals surface area contributed by atoms with E-state index >= 15 is 0 Å². The van der Waals surface area contributed by atoms with Crippen molar-refractivity contribution >= 4 is 5.91 Å². The van der Waals surface area contributed by atoms with E-state index in [0.29, 0.717) is 23.1 Å². The fourth-order valence-electron chi connectivity index (χ4n) is 4.37. The summed E-state index contributed by atoms with van der Waals surface area (Å²) in [6.07, 6.45) is 2.58. The number of rotatable bonds is 5. The average Bonchev–Trinajstić information content (AvgIpc) is 3.10. The Hall–Kier alpha value is -3.59. The minimum atomic E-state index is -0.203. The summed E-state index contributed by atoms with van der Waals surface area (Å²) >= 11 is 0. The summed E-state index contributed by atoms with van der Waals surface area (Å²) in [4.78, 5) is 12.7. The Balaban J connectivity index is 1.35. The SMILES string of the molecule is N#CC1C[C@@H]2C[C@]2(NC(=O)c2cc(-c3ccccc3Oc3ccccc3)[nH]n2)C1. The van der Waals surface area contributed by atoms with E-state index in [2.05, 4.69) is 21.6 Å². The molecule has 5 rings (SSSR count). The number of nitriles is 1. The molecule has 1 unspecified atom stereocenters. The predicted molar refractivity (Wildman–Crippen MR) is 107 cm³/mol. The Kier molecular flexibility index (Phi) is 4.09. The molecule has 0 saturated heterocycles.